The van der Waals surface area contributed by atoms with E-state index in [0.29, 0.717) is 66.6 Å². The first-order valence-electron chi connectivity index (χ1n) is 10.2. The molecule has 2 heterocycles. The summed E-state index contributed by atoms with van der Waals surface area (Å²) in [5.74, 6) is -0.390. The lowest BCUT2D eigenvalue weighted by molar-refractivity contribution is -0.143. The largest absolute Gasteiger partial charge is 0.464 e. The summed E-state index contributed by atoms with van der Waals surface area (Å²) in [5, 5.41) is 13.5. The number of nitrogens with zero attached hydrogens (tertiary/aromatic N) is 2. The fourth-order valence-corrected chi connectivity index (χ4v) is 4.23. The smallest absolute Gasteiger partial charge is 0.254 e. The summed E-state index contributed by atoms with van der Waals surface area (Å²) >= 11 is 6.44. The Morgan fingerprint density at radius 1 is 1.10 bits per heavy atom. The molecule has 162 valence electrons. The van der Waals surface area contributed by atoms with Gasteiger partial charge in [-0.15, -0.1) is 0 Å². The molecule has 1 atom stereocenters. The van der Waals surface area contributed by atoms with Crippen molar-refractivity contribution in [3.63, 3.8) is 0 Å². The average Bonchev–Trinajstić information content (AvgIpc) is 3.39. The zero-order valence-corrected chi connectivity index (χ0v) is 17.4. The van der Waals surface area contributed by atoms with Crippen molar-refractivity contribution in [2.24, 2.45) is 0 Å². The number of ether oxygens (including phenoxy) is 1. The lowest BCUT2D eigenvalue weighted by Crippen LogP contribution is -2.53. The maximum absolute atomic E-state index is 13.4. The van der Waals surface area contributed by atoms with E-state index < -0.39 is 11.8 Å². The SMILES string of the molecule is O=C(c1ccc(C2Nc3ccc(F)cc3O2)c(Cl)c1)N1CCN(C(=O)C2(O)CC2)CC1. The van der Waals surface area contributed by atoms with Crippen LogP contribution in [0.4, 0.5) is 10.1 Å². The standard InChI is InChI=1S/C22H21ClFN3O4/c23-16-11-13(1-3-15(16)19-25-17-4-2-14(24)12-18(17)31-19)20(28)26-7-9-27(10-8-26)21(29)22(30)5-6-22/h1-4,11-12,19,25,30H,5-10H2. The summed E-state index contributed by atoms with van der Waals surface area (Å²) in [6.45, 7) is 1.59. The van der Waals surface area contributed by atoms with Gasteiger partial charge in [0.2, 0.25) is 0 Å². The van der Waals surface area contributed by atoms with Crippen LogP contribution in [0.1, 0.15) is 35.0 Å². The average molecular weight is 446 g/mol. The molecule has 0 bridgehead atoms. The number of anilines is 1. The predicted octanol–water partition coefficient (Wildman–Crippen LogP) is 2.79. The monoisotopic (exact) mass is 445 g/mol. The van der Waals surface area contributed by atoms with Crippen molar-refractivity contribution in [2.75, 3.05) is 31.5 Å². The molecule has 2 N–H and O–H groups in total. The van der Waals surface area contributed by atoms with Crippen LogP contribution in [0.5, 0.6) is 5.75 Å². The second-order valence-corrected chi connectivity index (χ2v) is 8.54. The molecule has 0 radical (unpaired) electrons. The van der Waals surface area contributed by atoms with Crippen molar-refractivity contribution in [2.45, 2.75) is 24.7 Å². The highest BCUT2D eigenvalue weighted by molar-refractivity contribution is 6.31. The molecule has 2 aromatic carbocycles. The minimum absolute atomic E-state index is 0.170. The molecule has 3 aliphatic rings. The Bertz CT molecular complexity index is 1070. The van der Waals surface area contributed by atoms with Crippen molar-refractivity contribution < 1.29 is 23.8 Å². The minimum Gasteiger partial charge on any atom is -0.464 e. The van der Waals surface area contributed by atoms with Crippen molar-refractivity contribution in [3.8, 4) is 5.75 Å². The van der Waals surface area contributed by atoms with Crippen LogP contribution in [0, 0.1) is 5.82 Å². The topological polar surface area (TPSA) is 82.1 Å². The third-order valence-electron chi connectivity index (χ3n) is 5.98. The van der Waals surface area contributed by atoms with E-state index in [1.807, 2.05) is 0 Å². The first kappa shape index (κ1) is 20.1. The molecule has 2 aliphatic heterocycles. The molecule has 0 spiro atoms. The van der Waals surface area contributed by atoms with Gasteiger partial charge in [-0.25, -0.2) is 4.39 Å². The zero-order chi connectivity index (χ0) is 21.8. The van der Waals surface area contributed by atoms with Gasteiger partial charge in [0.05, 0.1) is 10.7 Å². The second kappa shape index (κ2) is 7.39. The van der Waals surface area contributed by atoms with Gasteiger partial charge in [0, 0.05) is 43.4 Å². The van der Waals surface area contributed by atoms with Crippen LogP contribution < -0.4 is 10.1 Å². The van der Waals surface area contributed by atoms with Crippen LogP contribution in [0.3, 0.4) is 0 Å². The third kappa shape index (κ3) is 3.70. The number of amides is 2. The van der Waals surface area contributed by atoms with Crippen molar-refractivity contribution in [1.29, 1.82) is 0 Å². The Kier molecular flexibility index (Phi) is 4.79. The Hall–Kier alpha value is -2.84. The van der Waals surface area contributed by atoms with Gasteiger partial charge < -0.3 is 25.0 Å². The second-order valence-electron chi connectivity index (χ2n) is 8.13. The van der Waals surface area contributed by atoms with Crippen molar-refractivity contribution in [3.05, 3.63) is 58.4 Å². The molecule has 2 amide bonds. The normalized spacial score (nSPS) is 21.2. The van der Waals surface area contributed by atoms with Gasteiger partial charge in [0.15, 0.2) is 6.23 Å². The van der Waals surface area contributed by atoms with Gasteiger partial charge in [-0.05, 0) is 37.1 Å². The van der Waals surface area contributed by atoms with E-state index in [4.69, 9.17) is 16.3 Å². The first-order valence-corrected chi connectivity index (χ1v) is 10.6. The van der Waals surface area contributed by atoms with Crippen LogP contribution in [0.2, 0.25) is 5.02 Å². The number of carbonyl (C=O) groups excluding carboxylic acids is 2. The Morgan fingerprint density at radius 2 is 1.81 bits per heavy atom. The Balaban J connectivity index is 1.24. The maximum Gasteiger partial charge on any atom is 0.254 e. The number of piperazine rings is 1. The molecule has 1 saturated heterocycles. The summed E-state index contributed by atoms with van der Waals surface area (Å²) in [7, 11) is 0. The van der Waals surface area contributed by atoms with Gasteiger partial charge in [-0.1, -0.05) is 17.7 Å². The van der Waals surface area contributed by atoms with E-state index in [0.717, 1.165) is 0 Å². The molecular formula is C22H21ClFN3O4. The molecule has 7 nitrogen and oxygen atoms in total. The molecule has 1 saturated carbocycles. The summed E-state index contributed by atoms with van der Waals surface area (Å²) in [6.07, 6.45) is 0.446. The molecule has 31 heavy (non-hydrogen) atoms. The first-order chi connectivity index (χ1) is 14.8. The molecule has 0 aromatic heterocycles. The summed E-state index contributed by atoms with van der Waals surface area (Å²) in [5.41, 5.74) is 0.571. The van der Waals surface area contributed by atoms with Crippen LogP contribution >= 0.6 is 11.6 Å². The van der Waals surface area contributed by atoms with Gasteiger partial charge in [0.25, 0.3) is 11.8 Å². The van der Waals surface area contributed by atoms with E-state index in [1.54, 1.807) is 34.1 Å². The van der Waals surface area contributed by atoms with Crippen LogP contribution in [-0.4, -0.2) is 58.5 Å². The fraction of sp³-hybridized carbons (Fsp3) is 0.364. The van der Waals surface area contributed by atoms with E-state index in [2.05, 4.69) is 5.32 Å². The van der Waals surface area contributed by atoms with Gasteiger partial charge in [-0.3, -0.25) is 9.59 Å². The lowest BCUT2D eigenvalue weighted by atomic mass is 10.1. The Morgan fingerprint density at radius 3 is 2.48 bits per heavy atom. The molecule has 2 fully saturated rings. The lowest BCUT2D eigenvalue weighted by Gasteiger charge is -2.35. The highest BCUT2D eigenvalue weighted by Crippen LogP contribution is 2.40. The van der Waals surface area contributed by atoms with Gasteiger partial charge >= 0.3 is 0 Å². The predicted molar refractivity (Wildman–Crippen MR) is 112 cm³/mol. The fourth-order valence-electron chi connectivity index (χ4n) is 3.95. The summed E-state index contributed by atoms with van der Waals surface area (Å²) in [4.78, 5) is 28.5. The minimum atomic E-state index is -1.18. The number of hydrogen-bond acceptors (Lipinski definition) is 5. The Labute approximate surface area is 183 Å². The molecule has 1 aliphatic carbocycles. The number of hydrogen-bond donors (Lipinski definition) is 2. The molecule has 9 heteroatoms. The van der Waals surface area contributed by atoms with E-state index in [1.165, 1.54) is 12.1 Å². The van der Waals surface area contributed by atoms with Crippen molar-refractivity contribution in [1.82, 2.24) is 9.80 Å². The van der Waals surface area contributed by atoms with Crippen LogP contribution in [0.25, 0.3) is 0 Å². The van der Waals surface area contributed by atoms with E-state index in [9.17, 15) is 19.1 Å². The summed E-state index contributed by atoms with van der Waals surface area (Å²) < 4.78 is 19.2. The number of fused-ring (bicyclic) bond motifs is 1. The maximum atomic E-state index is 13.4. The highest BCUT2D eigenvalue weighted by atomic mass is 35.5. The van der Waals surface area contributed by atoms with E-state index in [-0.39, 0.29) is 17.6 Å². The quantitative estimate of drug-likeness (QED) is 0.759. The highest BCUT2D eigenvalue weighted by Gasteiger charge is 2.50. The van der Waals surface area contributed by atoms with Gasteiger partial charge in [0.1, 0.15) is 17.2 Å². The number of nitrogens with one attached hydrogen (secondary N) is 1. The van der Waals surface area contributed by atoms with Crippen molar-refractivity contribution >= 4 is 29.1 Å². The molecule has 1 unspecified atom stereocenters. The number of rotatable bonds is 3. The number of benzene rings is 2. The number of carbonyl (C=O) groups is 2. The van der Waals surface area contributed by atoms with E-state index >= 15 is 0 Å². The molecule has 2 aromatic rings. The van der Waals surface area contributed by atoms with Crippen LogP contribution in [-0.2, 0) is 4.79 Å². The zero-order valence-electron chi connectivity index (χ0n) is 16.6. The van der Waals surface area contributed by atoms with Gasteiger partial charge in [-0.2, -0.15) is 0 Å². The number of aliphatic hydroxyl groups is 1. The van der Waals surface area contributed by atoms with Crippen LogP contribution in [0.15, 0.2) is 36.4 Å². The molecular weight excluding hydrogens is 425 g/mol. The number of halogens is 2. The summed E-state index contributed by atoms with van der Waals surface area (Å²) in [6, 6.07) is 9.25. The third-order valence-corrected chi connectivity index (χ3v) is 6.31. The molecule has 5 rings (SSSR count).